The molecule has 0 saturated heterocycles. The SMILES string of the molecule is CC(=O)OCc1c(Br)cccc1-n1ncc2cc(C(C)C)ccc2c1=O. The van der Waals surface area contributed by atoms with Gasteiger partial charge in [-0.1, -0.05) is 41.9 Å². The number of carbonyl (C=O) groups excluding carboxylic acids is 1. The third-order valence-corrected chi connectivity index (χ3v) is 4.96. The standard InChI is InChI=1S/C20H19BrN2O3/c1-12(2)14-7-8-16-15(9-14)10-22-23(20(16)25)19-6-4-5-18(21)17(19)11-26-13(3)24/h4-10,12H,11H2,1-3H3. The molecule has 6 heteroatoms. The minimum absolute atomic E-state index is 0.0601. The molecule has 0 atom stereocenters. The lowest BCUT2D eigenvalue weighted by Gasteiger charge is -2.14. The molecule has 0 fully saturated rings. The van der Waals surface area contributed by atoms with Crippen molar-refractivity contribution in [3.63, 3.8) is 0 Å². The third-order valence-electron chi connectivity index (χ3n) is 4.22. The Bertz CT molecular complexity index is 1040. The number of benzene rings is 2. The van der Waals surface area contributed by atoms with E-state index < -0.39 is 0 Å². The van der Waals surface area contributed by atoms with Crippen molar-refractivity contribution in [3.05, 3.63) is 68.5 Å². The van der Waals surface area contributed by atoms with Gasteiger partial charge in [0.05, 0.1) is 17.3 Å². The van der Waals surface area contributed by atoms with Gasteiger partial charge in [-0.05, 0) is 35.7 Å². The average Bonchev–Trinajstić information content (AvgIpc) is 2.60. The molecule has 0 spiro atoms. The van der Waals surface area contributed by atoms with E-state index in [2.05, 4.69) is 34.9 Å². The molecule has 134 valence electrons. The van der Waals surface area contributed by atoms with E-state index in [1.807, 2.05) is 30.3 Å². The minimum Gasteiger partial charge on any atom is -0.461 e. The van der Waals surface area contributed by atoms with Gasteiger partial charge >= 0.3 is 5.97 Å². The highest BCUT2D eigenvalue weighted by Crippen LogP contribution is 2.25. The zero-order valence-electron chi connectivity index (χ0n) is 14.8. The highest BCUT2D eigenvalue weighted by atomic mass is 79.9. The summed E-state index contributed by atoms with van der Waals surface area (Å²) in [5, 5.41) is 5.76. The Morgan fingerprint density at radius 2 is 2.04 bits per heavy atom. The molecule has 0 unspecified atom stereocenters. The number of carbonyl (C=O) groups is 1. The number of hydrogen-bond donors (Lipinski definition) is 0. The molecule has 3 aromatic rings. The predicted octanol–water partition coefficient (Wildman–Crippen LogP) is 4.33. The Morgan fingerprint density at radius 3 is 2.73 bits per heavy atom. The quantitative estimate of drug-likeness (QED) is 0.595. The lowest BCUT2D eigenvalue weighted by atomic mass is 10.0. The van der Waals surface area contributed by atoms with Gasteiger partial charge in [-0.3, -0.25) is 9.59 Å². The fourth-order valence-corrected chi connectivity index (χ4v) is 3.23. The molecule has 1 aromatic heterocycles. The first-order valence-electron chi connectivity index (χ1n) is 8.31. The molecule has 5 nitrogen and oxygen atoms in total. The van der Waals surface area contributed by atoms with E-state index in [4.69, 9.17) is 4.74 Å². The van der Waals surface area contributed by atoms with Crippen LogP contribution in [0, 0.1) is 0 Å². The van der Waals surface area contributed by atoms with Crippen LogP contribution in [0.4, 0.5) is 0 Å². The predicted molar refractivity (Wildman–Crippen MR) is 105 cm³/mol. The molecule has 26 heavy (non-hydrogen) atoms. The van der Waals surface area contributed by atoms with E-state index in [0.717, 1.165) is 15.4 Å². The van der Waals surface area contributed by atoms with Crippen LogP contribution in [0.15, 0.2) is 51.9 Å². The molecule has 0 amide bonds. The summed E-state index contributed by atoms with van der Waals surface area (Å²) in [5.41, 5.74) is 2.23. The molecule has 3 rings (SSSR count). The van der Waals surface area contributed by atoms with Crippen molar-refractivity contribution in [1.29, 1.82) is 0 Å². The van der Waals surface area contributed by atoms with Crippen molar-refractivity contribution < 1.29 is 9.53 Å². The van der Waals surface area contributed by atoms with Crippen molar-refractivity contribution in [2.75, 3.05) is 0 Å². The van der Waals surface area contributed by atoms with Crippen LogP contribution in [-0.4, -0.2) is 15.7 Å². The van der Waals surface area contributed by atoms with Gasteiger partial charge in [0, 0.05) is 22.3 Å². The Balaban J connectivity index is 2.16. The number of rotatable bonds is 4. The summed E-state index contributed by atoms with van der Waals surface area (Å²) in [6, 6.07) is 11.3. The number of ether oxygens (including phenoxy) is 1. The summed E-state index contributed by atoms with van der Waals surface area (Å²) < 4.78 is 7.23. The summed E-state index contributed by atoms with van der Waals surface area (Å²) in [5.74, 6) is -0.00558. The highest BCUT2D eigenvalue weighted by Gasteiger charge is 2.14. The van der Waals surface area contributed by atoms with Crippen LogP contribution in [0.1, 0.15) is 37.8 Å². The van der Waals surface area contributed by atoms with Gasteiger partial charge in [0.1, 0.15) is 6.61 Å². The maximum absolute atomic E-state index is 13.0. The van der Waals surface area contributed by atoms with Gasteiger partial charge in [-0.15, -0.1) is 0 Å². The topological polar surface area (TPSA) is 61.2 Å². The Hall–Kier alpha value is -2.47. The van der Waals surface area contributed by atoms with Crippen LogP contribution >= 0.6 is 15.9 Å². The third kappa shape index (κ3) is 3.55. The van der Waals surface area contributed by atoms with Gasteiger partial charge in [0.15, 0.2) is 0 Å². The molecular weight excluding hydrogens is 396 g/mol. The summed E-state index contributed by atoms with van der Waals surface area (Å²) in [6.07, 6.45) is 1.69. The molecule has 0 N–H and O–H groups in total. The van der Waals surface area contributed by atoms with Gasteiger partial charge in [-0.25, -0.2) is 0 Å². The largest absolute Gasteiger partial charge is 0.461 e. The van der Waals surface area contributed by atoms with Crippen LogP contribution in [0.25, 0.3) is 16.5 Å². The molecule has 0 aliphatic heterocycles. The average molecular weight is 415 g/mol. The van der Waals surface area contributed by atoms with E-state index in [1.165, 1.54) is 11.6 Å². The van der Waals surface area contributed by atoms with Crippen molar-refractivity contribution in [1.82, 2.24) is 9.78 Å². The minimum atomic E-state index is -0.383. The molecule has 0 aliphatic rings. The first-order valence-corrected chi connectivity index (χ1v) is 9.11. The van der Waals surface area contributed by atoms with Crippen molar-refractivity contribution in [2.24, 2.45) is 0 Å². The molecule has 0 aliphatic carbocycles. The number of fused-ring (bicyclic) bond motifs is 1. The smallest absolute Gasteiger partial charge is 0.302 e. The van der Waals surface area contributed by atoms with Gasteiger partial charge in [-0.2, -0.15) is 9.78 Å². The molecule has 0 bridgehead atoms. The van der Waals surface area contributed by atoms with E-state index in [9.17, 15) is 9.59 Å². The monoisotopic (exact) mass is 414 g/mol. The second-order valence-electron chi connectivity index (χ2n) is 6.38. The Morgan fingerprint density at radius 1 is 1.27 bits per heavy atom. The first kappa shape index (κ1) is 18.3. The molecule has 0 saturated carbocycles. The van der Waals surface area contributed by atoms with Crippen LogP contribution in [0.2, 0.25) is 0 Å². The van der Waals surface area contributed by atoms with Gasteiger partial charge < -0.3 is 4.74 Å². The van der Waals surface area contributed by atoms with Crippen molar-refractivity contribution in [3.8, 4) is 5.69 Å². The lowest BCUT2D eigenvalue weighted by molar-refractivity contribution is -0.142. The second kappa shape index (κ2) is 7.41. The Labute approximate surface area is 159 Å². The lowest BCUT2D eigenvalue weighted by Crippen LogP contribution is -2.22. The highest BCUT2D eigenvalue weighted by molar-refractivity contribution is 9.10. The van der Waals surface area contributed by atoms with Crippen LogP contribution < -0.4 is 5.56 Å². The van der Waals surface area contributed by atoms with Crippen molar-refractivity contribution >= 4 is 32.7 Å². The zero-order chi connectivity index (χ0) is 18.8. The van der Waals surface area contributed by atoms with Crippen LogP contribution in [0.5, 0.6) is 0 Å². The van der Waals surface area contributed by atoms with E-state index >= 15 is 0 Å². The summed E-state index contributed by atoms with van der Waals surface area (Å²) in [6.45, 7) is 5.63. The summed E-state index contributed by atoms with van der Waals surface area (Å²) in [7, 11) is 0. The normalized spacial score (nSPS) is 11.1. The summed E-state index contributed by atoms with van der Waals surface area (Å²) >= 11 is 3.46. The first-order chi connectivity index (χ1) is 12.4. The van der Waals surface area contributed by atoms with E-state index in [-0.39, 0.29) is 18.1 Å². The molecule has 1 heterocycles. The number of hydrogen-bond acceptors (Lipinski definition) is 4. The fourth-order valence-electron chi connectivity index (χ4n) is 2.76. The van der Waals surface area contributed by atoms with Gasteiger partial charge in [0.2, 0.25) is 0 Å². The number of nitrogens with zero attached hydrogens (tertiary/aromatic N) is 2. The van der Waals surface area contributed by atoms with Crippen LogP contribution in [0.3, 0.4) is 0 Å². The number of esters is 1. The number of aromatic nitrogens is 2. The fraction of sp³-hybridized carbons (Fsp3) is 0.250. The molecule has 2 aromatic carbocycles. The second-order valence-corrected chi connectivity index (χ2v) is 7.24. The molecular formula is C20H19BrN2O3. The zero-order valence-corrected chi connectivity index (χ0v) is 16.4. The molecule has 0 radical (unpaired) electrons. The number of halogens is 1. The maximum Gasteiger partial charge on any atom is 0.302 e. The van der Waals surface area contributed by atoms with Crippen LogP contribution in [-0.2, 0) is 16.1 Å². The van der Waals surface area contributed by atoms with E-state index in [0.29, 0.717) is 22.6 Å². The summed E-state index contributed by atoms with van der Waals surface area (Å²) in [4.78, 5) is 24.2. The Kier molecular flexibility index (Phi) is 5.23. The van der Waals surface area contributed by atoms with Crippen molar-refractivity contribution in [2.45, 2.75) is 33.3 Å². The van der Waals surface area contributed by atoms with Gasteiger partial charge in [0.25, 0.3) is 5.56 Å². The van der Waals surface area contributed by atoms with E-state index in [1.54, 1.807) is 12.3 Å². The maximum atomic E-state index is 13.0.